The standard InChI is InChI=1S/C24H29N3O2S.ClH/c1-6-26(7-2)12-13-27(23(29)20-10-8-19(9-11-20)18(5)28)24-25-21-15-16(3)14-17(4)22(21)30-24;/h8-11,14-15H,6-7,12-13H2,1-5H3;1H. The van der Waals surface area contributed by atoms with Crippen molar-refractivity contribution in [3.05, 3.63) is 58.7 Å². The first-order chi connectivity index (χ1) is 14.3. The molecule has 0 saturated heterocycles. The number of rotatable bonds is 8. The highest BCUT2D eigenvalue weighted by Gasteiger charge is 2.22. The van der Waals surface area contributed by atoms with Crippen LogP contribution in [0.4, 0.5) is 5.13 Å². The number of ketones is 1. The molecule has 0 aliphatic carbocycles. The summed E-state index contributed by atoms with van der Waals surface area (Å²) in [4.78, 5) is 33.9. The van der Waals surface area contributed by atoms with E-state index in [0.29, 0.717) is 22.8 Å². The lowest BCUT2D eigenvalue weighted by atomic mass is 10.1. The molecule has 0 aliphatic rings. The molecular formula is C24H30ClN3O2S. The minimum atomic E-state index is -0.0920. The van der Waals surface area contributed by atoms with Crippen LogP contribution in [0.25, 0.3) is 10.2 Å². The Balaban J connectivity index is 0.00000341. The van der Waals surface area contributed by atoms with Gasteiger partial charge in [0.15, 0.2) is 10.9 Å². The van der Waals surface area contributed by atoms with Crippen molar-refractivity contribution < 1.29 is 9.59 Å². The molecule has 3 aromatic rings. The Morgan fingerprint density at radius 2 is 1.58 bits per heavy atom. The number of benzene rings is 2. The lowest BCUT2D eigenvalue weighted by Crippen LogP contribution is -2.38. The van der Waals surface area contributed by atoms with E-state index in [1.54, 1.807) is 40.5 Å². The van der Waals surface area contributed by atoms with Crippen molar-refractivity contribution in [1.29, 1.82) is 0 Å². The zero-order chi connectivity index (χ0) is 21.8. The van der Waals surface area contributed by atoms with Gasteiger partial charge in [-0.1, -0.05) is 43.4 Å². The smallest absolute Gasteiger partial charge is 0.260 e. The summed E-state index contributed by atoms with van der Waals surface area (Å²) in [5.41, 5.74) is 4.44. The molecule has 0 saturated carbocycles. The van der Waals surface area contributed by atoms with Crippen molar-refractivity contribution in [3.8, 4) is 0 Å². The quantitative estimate of drug-likeness (QED) is 0.416. The van der Waals surface area contributed by atoms with Crippen molar-refractivity contribution in [2.45, 2.75) is 34.6 Å². The van der Waals surface area contributed by atoms with E-state index < -0.39 is 0 Å². The third-order valence-electron chi connectivity index (χ3n) is 5.36. The second-order valence-electron chi connectivity index (χ2n) is 7.54. The predicted octanol–water partition coefficient (Wildman–Crippen LogP) is 5.53. The third kappa shape index (κ3) is 5.70. The van der Waals surface area contributed by atoms with Crippen molar-refractivity contribution in [2.24, 2.45) is 0 Å². The topological polar surface area (TPSA) is 53.5 Å². The van der Waals surface area contributed by atoms with E-state index in [9.17, 15) is 9.59 Å². The van der Waals surface area contributed by atoms with Crippen molar-refractivity contribution in [1.82, 2.24) is 9.88 Å². The van der Waals surface area contributed by atoms with E-state index >= 15 is 0 Å². The number of halogens is 1. The van der Waals surface area contributed by atoms with Crippen LogP contribution in [0.5, 0.6) is 0 Å². The Labute approximate surface area is 194 Å². The fourth-order valence-corrected chi connectivity index (χ4v) is 4.59. The fraction of sp³-hybridized carbons (Fsp3) is 0.375. The van der Waals surface area contributed by atoms with E-state index in [1.165, 1.54) is 12.5 Å². The summed E-state index contributed by atoms with van der Waals surface area (Å²) in [6.07, 6.45) is 0. The van der Waals surface area contributed by atoms with Gasteiger partial charge >= 0.3 is 0 Å². The molecule has 0 bridgehead atoms. The molecule has 7 heteroatoms. The number of nitrogens with zero attached hydrogens (tertiary/aromatic N) is 3. The van der Waals surface area contributed by atoms with Crippen molar-refractivity contribution in [2.75, 3.05) is 31.1 Å². The molecule has 0 aliphatic heterocycles. The van der Waals surface area contributed by atoms with Gasteiger partial charge in [0.25, 0.3) is 5.91 Å². The van der Waals surface area contributed by atoms with Gasteiger partial charge in [-0.05, 0) is 63.2 Å². The largest absolute Gasteiger partial charge is 0.302 e. The van der Waals surface area contributed by atoms with Gasteiger partial charge in [0.1, 0.15) is 0 Å². The molecule has 0 unspecified atom stereocenters. The average Bonchev–Trinajstić information content (AvgIpc) is 3.15. The van der Waals surface area contributed by atoms with E-state index in [0.717, 1.165) is 35.4 Å². The van der Waals surface area contributed by atoms with Gasteiger partial charge in [-0.3, -0.25) is 14.5 Å². The molecule has 0 radical (unpaired) electrons. The number of aryl methyl sites for hydroxylation is 2. The summed E-state index contributed by atoms with van der Waals surface area (Å²) >= 11 is 1.56. The monoisotopic (exact) mass is 459 g/mol. The maximum absolute atomic E-state index is 13.4. The highest BCUT2D eigenvalue weighted by molar-refractivity contribution is 7.22. The molecular weight excluding hydrogens is 430 g/mol. The molecule has 1 amide bonds. The predicted molar refractivity (Wildman–Crippen MR) is 132 cm³/mol. The van der Waals surface area contributed by atoms with Crippen LogP contribution in [0.2, 0.25) is 0 Å². The Morgan fingerprint density at radius 3 is 2.16 bits per heavy atom. The zero-order valence-electron chi connectivity index (χ0n) is 18.8. The number of fused-ring (bicyclic) bond motifs is 1. The van der Waals surface area contributed by atoms with Crippen LogP contribution in [0, 0.1) is 13.8 Å². The number of hydrogen-bond acceptors (Lipinski definition) is 5. The number of aromatic nitrogens is 1. The molecule has 166 valence electrons. The van der Waals surface area contributed by atoms with E-state index in [-0.39, 0.29) is 24.1 Å². The number of hydrogen-bond donors (Lipinski definition) is 0. The summed E-state index contributed by atoms with van der Waals surface area (Å²) < 4.78 is 1.11. The molecule has 0 N–H and O–H groups in total. The Hall–Kier alpha value is -2.28. The summed E-state index contributed by atoms with van der Waals surface area (Å²) in [5, 5.41) is 0.714. The number of carbonyl (C=O) groups excluding carboxylic acids is 2. The molecule has 1 heterocycles. The Kier molecular flexibility index (Phi) is 8.74. The first-order valence-corrected chi connectivity index (χ1v) is 11.2. The van der Waals surface area contributed by atoms with Gasteiger partial charge in [-0.2, -0.15) is 0 Å². The lowest BCUT2D eigenvalue weighted by molar-refractivity contribution is 0.0980. The molecule has 1 aromatic heterocycles. The van der Waals surface area contributed by atoms with Gasteiger partial charge in [-0.15, -0.1) is 12.4 Å². The molecule has 0 atom stereocenters. The number of carbonyl (C=O) groups is 2. The van der Waals surface area contributed by atoms with Gasteiger partial charge in [-0.25, -0.2) is 4.98 Å². The van der Waals surface area contributed by atoms with Crippen LogP contribution in [0.3, 0.4) is 0 Å². The summed E-state index contributed by atoms with van der Waals surface area (Å²) in [5.74, 6) is -0.102. The van der Waals surface area contributed by atoms with Crippen LogP contribution in [0.1, 0.15) is 52.6 Å². The molecule has 0 spiro atoms. The first-order valence-electron chi connectivity index (χ1n) is 10.4. The average molecular weight is 460 g/mol. The lowest BCUT2D eigenvalue weighted by Gasteiger charge is -2.24. The molecule has 31 heavy (non-hydrogen) atoms. The van der Waals surface area contributed by atoms with Gasteiger partial charge < -0.3 is 4.90 Å². The summed E-state index contributed by atoms with van der Waals surface area (Å²) in [6, 6.07) is 11.1. The highest BCUT2D eigenvalue weighted by Crippen LogP contribution is 2.32. The molecule has 2 aromatic carbocycles. The maximum atomic E-state index is 13.4. The fourth-order valence-electron chi connectivity index (χ4n) is 3.55. The highest BCUT2D eigenvalue weighted by atomic mass is 35.5. The minimum Gasteiger partial charge on any atom is -0.302 e. The van der Waals surface area contributed by atoms with Crippen LogP contribution >= 0.6 is 23.7 Å². The second kappa shape index (κ2) is 10.8. The van der Waals surface area contributed by atoms with Crippen molar-refractivity contribution >= 4 is 50.8 Å². The first kappa shape index (κ1) is 25.0. The summed E-state index contributed by atoms with van der Waals surface area (Å²) in [7, 11) is 0. The number of likely N-dealkylation sites (N-methyl/N-ethyl adjacent to an activating group) is 1. The Bertz CT molecular complexity index is 1060. The van der Waals surface area contributed by atoms with E-state index in [2.05, 4.69) is 44.7 Å². The maximum Gasteiger partial charge on any atom is 0.260 e. The Morgan fingerprint density at radius 1 is 0.968 bits per heavy atom. The molecule has 3 rings (SSSR count). The second-order valence-corrected chi connectivity index (χ2v) is 8.52. The number of thiazole rings is 1. The van der Waals surface area contributed by atoms with Gasteiger partial charge in [0.2, 0.25) is 0 Å². The zero-order valence-corrected chi connectivity index (χ0v) is 20.4. The van der Waals surface area contributed by atoms with Crippen LogP contribution in [-0.2, 0) is 0 Å². The number of anilines is 1. The third-order valence-corrected chi connectivity index (χ3v) is 6.59. The van der Waals surface area contributed by atoms with Crippen LogP contribution < -0.4 is 4.90 Å². The summed E-state index contributed by atoms with van der Waals surface area (Å²) in [6.45, 7) is 13.1. The number of amides is 1. The minimum absolute atomic E-state index is 0. The number of Topliss-reactive ketones (excluding diaryl/α,β-unsaturated/α-hetero) is 1. The normalized spacial score (nSPS) is 10.9. The van der Waals surface area contributed by atoms with E-state index in [4.69, 9.17) is 4.98 Å². The van der Waals surface area contributed by atoms with Crippen LogP contribution in [0.15, 0.2) is 36.4 Å². The molecule has 5 nitrogen and oxygen atoms in total. The van der Waals surface area contributed by atoms with Gasteiger partial charge in [0.05, 0.1) is 10.2 Å². The molecule has 0 fully saturated rings. The van der Waals surface area contributed by atoms with Crippen LogP contribution in [-0.4, -0.2) is 47.8 Å². The van der Waals surface area contributed by atoms with E-state index in [1.807, 2.05) is 0 Å². The van der Waals surface area contributed by atoms with Gasteiger partial charge in [0, 0.05) is 24.2 Å². The van der Waals surface area contributed by atoms with Crippen molar-refractivity contribution in [3.63, 3.8) is 0 Å². The SMILES string of the molecule is CCN(CC)CCN(C(=O)c1ccc(C(C)=O)cc1)c1nc2cc(C)cc(C)c2s1.Cl.